The molecule has 1 saturated carbocycles. The number of carbonyl (C=O) groups is 1. The van der Waals surface area contributed by atoms with Gasteiger partial charge in [-0.25, -0.2) is 0 Å². The minimum Gasteiger partial charge on any atom is -0.392 e. The molecule has 0 aromatic carbocycles. The Morgan fingerprint density at radius 2 is 2.17 bits per heavy atom. The zero-order valence-corrected chi connectivity index (χ0v) is 11.8. The topological polar surface area (TPSA) is 55.6 Å². The second-order valence-electron chi connectivity index (χ2n) is 5.31. The lowest BCUT2D eigenvalue weighted by atomic mass is 9.84. The van der Waals surface area contributed by atoms with Crippen LogP contribution in [0, 0.1) is 5.41 Å². The standard InChI is InChI=1S/C13H22N2O2S/c1-2-10-9-15(7-8-17-10)12(16)13(11(14)18)5-3-4-6-13/h10H,2-9H2,1H3,(H2,14,18). The number of nitrogens with two attached hydrogens (primary N) is 1. The highest BCUT2D eigenvalue weighted by atomic mass is 32.1. The van der Waals surface area contributed by atoms with Crippen LogP contribution in [0.4, 0.5) is 0 Å². The van der Waals surface area contributed by atoms with E-state index in [1.54, 1.807) is 0 Å². The summed E-state index contributed by atoms with van der Waals surface area (Å²) in [6.45, 7) is 4.05. The Hall–Kier alpha value is -0.680. The number of morpholine rings is 1. The second kappa shape index (κ2) is 5.53. The maximum absolute atomic E-state index is 12.7. The summed E-state index contributed by atoms with van der Waals surface area (Å²) in [5, 5.41) is 0. The van der Waals surface area contributed by atoms with E-state index in [0.29, 0.717) is 24.7 Å². The van der Waals surface area contributed by atoms with Gasteiger partial charge in [-0.1, -0.05) is 32.0 Å². The predicted molar refractivity (Wildman–Crippen MR) is 74.3 cm³/mol. The van der Waals surface area contributed by atoms with E-state index in [1.807, 2.05) is 4.90 Å². The maximum atomic E-state index is 12.7. The van der Waals surface area contributed by atoms with Gasteiger partial charge >= 0.3 is 0 Å². The van der Waals surface area contributed by atoms with E-state index in [1.165, 1.54) is 0 Å². The minimum absolute atomic E-state index is 0.134. The molecular formula is C13H22N2O2S. The number of thiocarbonyl (C=S) groups is 1. The van der Waals surface area contributed by atoms with Crippen molar-refractivity contribution < 1.29 is 9.53 Å². The molecule has 2 fully saturated rings. The number of hydrogen-bond acceptors (Lipinski definition) is 3. The number of hydrogen-bond donors (Lipinski definition) is 1. The lowest BCUT2D eigenvalue weighted by Gasteiger charge is -2.38. The summed E-state index contributed by atoms with van der Waals surface area (Å²) in [5.41, 5.74) is 5.30. The Morgan fingerprint density at radius 3 is 2.72 bits per heavy atom. The van der Waals surface area contributed by atoms with E-state index in [-0.39, 0.29) is 12.0 Å². The highest BCUT2D eigenvalue weighted by Crippen LogP contribution is 2.40. The summed E-state index contributed by atoms with van der Waals surface area (Å²) in [5.74, 6) is 0.134. The van der Waals surface area contributed by atoms with Crippen LogP contribution in [0.3, 0.4) is 0 Å². The molecule has 1 aliphatic heterocycles. The van der Waals surface area contributed by atoms with Gasteiger partial charge in [-0.3, -0.25) is 4.79 Å². The first kappa shape index (κ1) is 13.7. The summed E-state index contributed by atoms with van der Waals surface area (Å²) in [7, 11) is 0. The lowest BCUT2D eigenvalue weighted by Crippen LogP contribution is -2.54. The molecule has 4 nitrogen and oxygen atoms in total. The van der Waals surface area contributed by atoms with Crippen molar-refractivity contribution in [2.45, 2.75) is 45.1 Å². The van der Waals surface area contributed by atoms with Crippen LogP contribution in [0.25, 0.3) is 0 Å². The Bertz CT molecular complexity index is 340. The van der Waals surface area contributed by atoms with E-state index >= 15 is 0 Å². The first-order valence-electron chi connectivity index (χ1n) is 6.81. The van der Waals surface area contributed by atoms with Gasteiger partial charge in [0, 0.05) is 13.1 Å². The highest BCUT2D eigenvalue weighted by Gasteiger charge is 2.46. The molecule has 18 heavy (non-hydrogen) atoms. The van der Waals surface area contributed by atoms with Gasteiger partial charge in [0.15, 0.2) is 0 Å². The van der Waals surface area contributed by atoms with Crippen LogP contribution in [-0.2, 0) is 9.53 Å². The van der Waals surface area contributed by atoms with Crippen molar-refractivity contribution in [2.75, 3.05) is 19.7 Å². The van der Waals surface area contributed by atoms with Crippen molar-refractivity contribution in [3.05, 3.63) is 0 Å². The molecule has 1 atom stereocenters. The van der Waals surface area contributed by atoms with E-state index < -0.39 is 5.41 Å². The van der Waals surface area contributed by atoms with Crippen LogP contribution >= 0.6 is 12.2 Å². The minimum atomic E-state index is -0.565. The third-order valence-corrected chi connectivity index (χ3v) is 4.61. The van der Waals surface area contributed by atoms with Crippen LogP contribution in [0.2, 0.25) is 0 Å². The van der Waals surface area contributed by atoms with Crippen LogP contribution in [-0.4, -0.2) is 41.6 Å². The SMILES string of the molecule is CCC1CN(C(=O)C2(C(N)=S)CCCC2)CCO1. The first-order chi connectivity index (χ1) is 8.60. The molecule has 1 amide bonds. The molecule has 0 bridgehead atoms. The molecule has 1 aliphatic carbocycles. The lowest BCUT2D eigenvalue weighted by molar-refractivity contribution is -0.145. The maximum Gasteiger partial charge on any atom is 0.235 e. The van der Waals surface area contributed by atoms with Crippen molar-refractivity contribution in [1.82, 2.24) is 4.90 Å². The molecular weight excluding hydrogens is 248 g/mol. The van der Waals surface area contributed by atoms with Crippen LogP contribution in [0.15, 0.2) is 0 Å². The number of nitrogens with zero attached hydrogens (tertiary/aromatic N) is 1. The van der Waals surface area contributed by atoms with Gasteiger partial charge < -0.3 is 15.4 Å². The van der Waals surface area contributed by atoms with Crippen LogP contribution in [0.5, 0.6) is 0 Å². The second-order valence-corrected chi connectivity index (χ2v) is 5.75. The van der Waals surface area contributed by atoms with Crippen molar-refractivity contribution >= 4 is 23.1 Å². The Labute approximate surface area is 114 Å². The van der Waals surface area contributed by atoms with E-state index in [2.05, 4.69) is 6.92 Å². The van der Waals surface area contributed by atoms with Gasteiger partial charge in [0.1, 0.15) is 0 Å². The average Bonchev–Trinajstić information content (AvgIpc) is 2.88. The Morgan fingerprint density at radius 1 is 1.50 bits per heavy atom. The molecule has 1 heterocycles. The molecule has 0 aromatic heterocycles. The molecule has 0 radical (unpaired) electrons. The quantitative estimate of drug-likeness (QED) is 0.789. The molecule has 5 heteroatoms. The number of ether oxygens (including phenoxy) is 1. The summed E-state index contributed by atoms with van der Waals surface area (Å²) in [6.07, 6.45) is 4.82. The fourth-order valence-electron chi connectivity index (χ4n) is 3.00. The van der Waals surface area contributed by atoms with Gasteiger partial charge in [0.05, 0.1) is 23.1 Å². The van der Waals surface area contributed by atoms with Gasteiger partial charge in [-0.2, -0.15) is 0 Å². The van der Waals surface area contributed by atoms with Gasteiger partial charge in [0.25, 0.3) is 0 Å². The van der Waals surface area contributed by atoms with Crippen molar-refractivity contribution in [1.29, 1.82) is 0 Å². The summed E-state index contributed by atoms with van der Waals surface area (Å²) in [6, 6.07) is 0. The third-order valence-electron chi connectivity index (χ3n) is 4.22. The number of carbonyl (C=O) groups excluding carboxylic acids is 1. The predicted octanol–water partition coefficient (Wildman–Crippen LogP) is 1.47. The number of rotatable bonds is 3. The Balaban J connectivity index is 2.11. The highest BCUT2D eigenvalue weighted by molar-refractivity contribution is 7.80. The zero-order valence-electron chi connectivity index (χ0n) is 11.0. The van der Waals surface area contributed by atoms with Gasteiger partial charge in [0.2, 0.25) is 5.91 Å². The van der Waals surface area contributed by atoms with E-state index in [9.17, 15) is 4.79 Å². The monoisotopic (exact) mass is 270 g/mol. The average molecular weight is 270 g/mol. The fourth-order valence-corrected chi connectivity index (χ4v) is 3.29. The molecule has 0 aromatic rings. The third kappa shape index (κ3) is 2.38. The molecule has 2 N–H and O–H groups in total. The van der Waals surface area contributed by atoms with Crippen LogP contribution < -0.4 is 5.73 Å². The molecule has 0 spiro atoms. The van der Waals surface area contributed by atoms with Crippen molar-refractivity contribution in [3.8, 4) is 0 Å². The van der Waals surface area contributed by atoms with Crippen LogP contribution in [0.1, 0.15) is 39.0 Å². The normalized spacial score (nSPS) is 27.2. The van der Waals surface area contributed by atoms with Gasteiger partial charge in [-0.15, -0.1) is 0 Å². The van der Waals surface area contributed by atoms with Crippen molar-refractivity contribution in [3.63, 3.8) is 0 Å². The molecule has 1 saturated heterocycles. The summed E-state index contributed by atoms with van der Waals surface area (Å²) in [4.78, 5) is 15.0. The molecule has 2 rings (SSSR count). The zero-order chi connectivity index (χ0) is 13.2. The summed E-state index contributed by atoms with van der Waals surface area (Å²) >= 11 is 5.17. The molecule has 1 unspecified atom stereocenters. The molecule has 2 aliphatic rings. The first-order valence-corrected chi connectivity index (χ1v) is 7.22. The fraction of sp³-hybridized carbons (Fsp3) is 0.846. The van der Waals surface area contributed by atoms with E-state index in [0.717, 1.165) is 32.1 Å². The molecule has 102 valence electrons. The smallest absolute Gasteiger partial charge is 0.235 e. The van der Waals surface area contributed by atoms with E-state index in [4.69, 9.17) is 22.7 Å². The van der Waals surface area contributed by atoms with Crippen molar-refractivity contribution in [2.24, 2.45) is 11.1 Å². The summed E-state index contributed by atoms with van der Waals surface area (Å²) < 4.78 is 5.61. The largest absolute Gasteiger partial charge is 0.392 e. The number of amides is 1. The Kier molecular flexibility index (Phi) is 4.22. The van der Waals surface area contributed by atoms with Gasteiger partial charge in [-0.05, 0) is 19.3 Å².